The Balaban J connectivity index is 0.00000312. The van der Waals surface area contributed by atoms with Gasteiger partial charge in [-0.05, 0) is 36.5 Å². The minimum atomic E-state index is -0.414. The molecule has 1 atom stereocenters. The Bertz CT molecular complexity index is 628. The smallest absolute Gasteiger partial charge is 0.247 e. The molecule has 1 aliphatic heterocycles. The number of hydrogen-bond acceptors (Lipinski definition) is 4. The molecule has 0 spiro atoms. The lowest BCUT2D eigenvalue weighted by atomic mass is 9.91. The molecule has 3 N–H and O–H groups in total. The van der Waals surface area contributed by atoms with Gasteiger partial charge in [0.1, 0.15) is 11.8 Å². The van der Waals surface area contributed by atoms with Crippen LogP contribution in [0.2, 0.25) is 0 Å². The zero-order chi connectivity index (χ0) is 17.9. The molecule has 0 aromatic heterocycles. The normalized spacial score (nSPS) is 17.0. The number of ether oxygens (including phenoxy) is 1. The zero-order valence-electron chi connectivity index (χ0n) is 15.3. The molecule has 0 radical (unpaired) electrons. The number of methoxy groups -OCH3 is 1. The fourth-order valence-corrected chi connectivity index (χ4v) is 2.93. The highest BCUT2D eigenvalue weighted by Crippen LogP contribution is 2.27. The number of amides is 2. The van der Waals surface area contributed by atoms with E-state index in [0.29, 0.717) is 36.5 Å². The lowest BCUT2D eigenvalue weighted by Crippen LogP contribution is -2.44. The van der Waals surface area contributed by atoms with Gasteiger partial charge in [-0.2, -0.15) is 0 Å². The van der Waals surface area contributed by atoms with Gasteiger partial charge >= 0.3 is 0 Å². The van der Waals surface area contributed by atoms with Crippen LogP contribution < -0.4 is 15.8 Å². The number of hydrogen-bond donors (Lipinski definition) is 2. The van der Waals surface area contributed by atoms with Crippen molar-refractivity contribution in [2.45, 2.75) is 46.1 Å². The second kappa shape index (κ2) is 8.43. The molecule has 2 amide bonds. The molecule has 6 nitrogen and oxygen atoms in total. The van der Waals surface area contributed by atoms with E-state index in [-0.39, 0.29) is 29.6 Å². The molecule has 1 unspecified atom stereocenters. The number of nitrogens with zero attached hydrogens (tertiary/aromatic N) is 1. The fraction of sp³-hybridized carbons (Fsp3) is 0.556. The molecule has 140 valence electrons. The number of benzene rings is 1. The SMILES string of the molecule is COc1ccc(NC(=O)C2CCCN2C(=O)CC(C)(C)C)cc1N.Cl. The number of rotatable bonds is 4. The van der Waals surface area contributed by atoms with Crippen LogP contribution in [0.3, 0.4) is 0 Å². The van der Waals surface area contributed by atoms with Gasteiger partial charge in [-0.25, -0.2) is 0 Å². The zero-order valence-corrected chi connectivity index (χ0v) is 16.1. The van der Waals surface area contributed by atoms with Crippen molar-refractivity contribution in [2.75, 3.05) is 24.7 Å². The van der Waals surface area contributed by atoms with Crippen LogP contribution in [0.5, 0.6) is 5.75 Å². The van der Waals surface area contributed by atoms with Crippen molar-refractivity contribution in [3.63, 3.8) is 0 Å². The van der Waals surface area contributed by atoms with Crippen LogP contribution in [0.4, 0.5) is 11.4 Å². The van der Waals surface area contributed by atoms with E-state index in [1.54, 1.807) is 30.2 Å². The molecule has 1 aromatic carbocycles. The van der Waals surface area contributed by atoms with E-state index in [0.717, 1.165) is 6.42 Å². The first kappa shape index (κ1) is 21.1. The van der Waals surface area contributed by atoms with E-state index in [2.05, 4.69) is 5.32 Å². The number of likely N-dealkylation sites (tertiary alicyclic amines) is 1. The number of halogens is 1. The lowest BCUT2D eigenvalue weighted by molar-refractivity contribution is -0.138. The van der Waals surface area contributed by atoms with Gasteiger partial charge in [0.15, 0.2) is 0 Å². The van der Waals surface area contributed by atoms with E-state index in [1.807, 2.05) is 20.8 Å². The van der Waals surface area contributed by atoms with Crippen molar-refractivity contribution in [3.8, 4) is 5.75 Å². The van der Waals surface area contributed by atoms with Crippen LogP contribution in [0, 0.1) is 5.41 Å². The van der Waals surface area contributed by atoms with Crippen molar-refractivity contribution in [1.29, 1.82) is 0 Å². The molecule has 0 saturated carbocycles. The van der Waals surface area contributed by atoms with Gasteiger partial charge in [-0.3, -0.25) is 9.59 Å². The van der Waals surface area contributed by atoms with Crippen molar-refractivity contribution in [2.24, 2.45) is 5.41 Å². The topological polar surface area (TPSA) is 84.7 Å². The maximum absolute atomic E-state index is 12.6. The summed E-state index contributed by atoms with van der Waals surface area (Å²) in [4.78, 5) is 26.8. The van der Waals surface area contributed by atoms with E-state index >= 15 is 0 Å². The van der Waals surface area contributed by atoms with Crippen LogP contribution in [-0.2, 0) is 9.59 Å². The minimum absolute atomic E-state index is 0. The first-order valence-electron chi connectivity index (χ1n) is 8.25. The summed E-state index contributed by atoms with van der Waals surface area (Å²) in [5.41, 5.74) is 6.84. The van der Waals surface area contributed by atoms with Crippen LogP contribution in [0.25, 0.3) is 0 Å². The lowest BCUT2D eigenvalue weighted by Gasteiger charge is -2.27. The molecule has 2 rings (SSSR count). The number of carbonyl (C=O) groups is 2. The Morgan fingerprint density at radius 1 is 1.36 bits per heavy atom. The summed E-state index contributed by atoms with van der Waals surface area (Å²) < 4.78 is 5.11. The molecule has 1 aliphatic rings. The van der Waals surface area contributed by atoms with Gasteiger partial charge in [0.2, 0.25) is 11.8 Å². The first-order valence-corrected chi connectivity index (χ1v) is 8.25. The predicted molar refractivity (Wildman–Crippen MR) is 102 cm³/mol. The molecule has 1 saturated heterocycles. The van der Waals surface area contributed by atoms with Gasteiger partial charge in [0.05, 0.1) is 12.8 Å². The molecule has 0 aliphatic carbocycles. The van der Waals surface area contributed by atoms with Gasteiger partial charge < -0.3 is 20.7 Å². The summed E-state index contributed by atoms with van der Waals surface area (Å²) in [6, 6.07) is 4.70. The van der Waals surface area contributed by atoms with E-state index in [9.17, 15) is 9.59 Å². The summed E-state index contributed by atoms with van der Waals surface area (Å²) in [5, 5.41) is 2.86. The predicted octanol–water partition coefficient (Wildman–Crippen LogP) is 3.06. The van der Waals surface area contributed by atoms with Crippen LogP contribution in [0.15, 0.2) is 18.2 Å². The average molecular weight is 370 g/mol. The van der Waals surface area contributed by atoms with E-state index < -0.39 is 6.04 Å². The van der Waals surface area contributed by atoms with Gasteiger partial charge in [-0.15, -0.1) is 12.4 Å². The van der Waals surface area contributed by atoms with E-state index in [4.69, 9.17) is 10.5 Å². The molecular weight excluding hydrogens is 342 g/mol. The van der Waals surface area contributed by atoms with Crippen LogP contribution in [-0.4, -0.2) is 36.4 Å². The highest BCUT2D eigenvalue weighted by molar-refractivity contribution is 5.98. The molecule has 0 bridgehead atoms. The minimum Gasteiger partial charge on any atom is -0.495 e. The Morgan fingerprint density at radius 2 is 2.04 bits per heavy atom. The van der Waals surface area contributed by atoms with Crippen molar-refractivity contribution >= 4 is 35.6 Å². The second-order valence-corrected chi connectivity index (χ2v) is 7.43. The molecule has 7 heteroatoms. The third-order valence-corrected chi connectivity index (χ3v) is 4.05. The second-order valence-electron chi connectivity index (χ2n) is 7.43. The van der Waals surface area contributed by atoms with Crippen LogP contribution >= 0.6 is 12.4 Å². The quantitative estimate of drug-likeness (QED) is 0.799. The number of nitrogens with one attached hydrogen (secondary N) is 1. The Hall–Kier alpha value is -1.95. The average Bonchev–Trinajstić information content (AvgIpc) is 2.95. The maximum Gasteiger partial charge on any atom is 0.247 e. The van der Waals surface area contributed by atoms with Crippen molar-refractivity contribution in [3.05, 3.63) is 18.2 Å². The molecular formula is C18H28ClN3O3. The molecule has 25 heavy (non-hydrogen) atoms. The fourth-order valence-electron chi connectivity index (χ4n) is 2.93. The molecule has 1 heterocycles. The maximum atomic E-state index is 12.6. The summed E-state index contributed by atoms with van der Waals surface area (Å²) in [6.07, 6.45) is 1.97. The highest BCUT2D eigenvalue weighted by Gasteiger charge is 2.35. The third-order valence-electron chi connectivity index (χ3n) is 4.05. The largest absolute Gasteiger partial charge is 0.495 e. The summed E-state index contributed by atoms with van der Waals surface area (Å²) in [5.74, 6) is 0.435. The highest BCUT2D eigenvalue weighted by atomic mass is 35.5. The van der Waals surface area contributed by atoms with Gasteiger partial charge in [-0.1, -0.05) is 20.8 Å². The summed E-state index contributed by atoms with van der Waals surface area (Å²) >= 11 is 0. The third kappa shape index (κ3) is 5.53. The van der Waals surface area contributed by atoms with Crippen molar-refractivity contribution < 1.29 is 14.3 Å². The Morgan fingerprint density at radius 3 is 2.60 bits per heavy atom. The number of anilines is 2. The van der Waals surface area contributed by atoms with Crippen molar-refractivity contribution in [1.82, 2.24) is 4.90 Å². The molecule has 1 aromatic rings. The number of nitrogen functional groups attached to an aromatic ring is 1. The number of nitrogens with two attached hydrogens (primary N) is 1. The number of carbonyl (C=O) groups excluding carboxylic acids is 2. The Kier molecular flexibility index (Phi) is 7.11. The summed E-state index contributed by atoms with van der Waals surface area (Å²) in [7, 11) is 1.54. The first-order chi connectivity index (χ1) is 11.2. The van der Waals surface area contributed by atoms with Gasteiger partial charge in [0, 0.05) is 18.7 Å². The molecule has 1 fully saturated rings. The standard InChI is InChI=1S/C18H27N3O3.ClH/c1-18(2,3)11-16(22)21-9-5-6-14(21)17(23)20-12-7-8-15(24-4)13(19)10-12;/h7-8,10,14H,5-6,9,11,19H2,1-4H3,(H,20,23);1H. The van der Waals surface area contributed by atoms with Crippen LogP contribution in [0.1, 0.15) is 40.0 Å². The van der Waals surface area contributed by atoms with Gasteiger partial charge in [0.25, 0.3) is 0 Å². The Labute approximate surface area is 155 Å². The van der Waals surface area contributed by atoms with E-state index in [1.165, 1.54) is 0 Å². The monoisotopic (exact) mass is 369 g/mol. The summed E-state index contributed by atoms with van der Waals surface area (Å²) in [6.45, 7) is 6.71.